The smallest absolute Gasteiger partial charge is 0.266 e. The number of ether oxygens (including phenoxy) is 3. The summed E-state index contributed by atoms with van der Waals surface area (Å²) in [5.74, 6) is 1.65. The maximum atomic E-state index is 12.2. The number of quaternary nitrogens is 1. The molecule has 2 aromatic rings. The van der Waals surface area contributed by atoms with Gasteiger partial charge in [0.15, 0.2) is 11.5 Å². The molecule has 7 nitrogen and oxygen atoms in total. The van der Waals surface area contributed by atoms with Gasteiger partial charge in [0.1, 0.15) is 0 Å². The molecule has 0 aliphatic carbocycles. The highest BCUT2D eigenvalue weighted by Gasteiger charge is 2.16. The lowest BCUT2D eigenvalue weighted by atomic mass is 10.1. The quantitative estimate of drug-likeness (QED) is 0.783. The van der Waals surface area contributed by atoms with Crippen molar-refractivity contribution in [1.29, 1.82) is 0 Å². The normalized spacial score (nSPS) is 14.8. The van der Waals surface area contributed by atoms with Gasteiger partial charge in [-0.2, -0.15) is 5.10 Å². The fraction of sp³-hybridized carbons (Fsp3) is 0.500. The van der Waals surface area contributed by atoms with Gasteiger partial charge >= 0.3 is 0 Å². The largest absolute Gasteiger partial charge is 0.493 e. The minimum absolute atomic E-state index is 0.0809. The number of methoxy groups -OCH3 is 3. The van der Waals surface area contributed by atoms with Gasteiger partial charge in [0.2, 0.25) is 5.75 Å². The average Bonchev–Trinajstić information content (AvgIpc) is 2.72. The molecular formula is C20H28N3O4+. The molecule has 0 saturated carbocycles. The molecule has 1 saturated heterocycles. The standard InChI is InChI=1S/C20H27N3O4/c1-25-17-13-15(14-18(26-2)20(17)27-3)16-7-8-19(24)23(21-16)12-11-22-9-5-4-6-10-22/h7-8,13-14H,4-6,9-12H2,1-3H3/p+1. The van der Waals surface area contributed by atoms with Crippen molar-refractivity contribution in [1.82, 2.24) is 9.78 Å². The molecule has 0 spiro atoms. The first-order valence-electron chi connectivity index (χ1n) is 9.38. The van der Waals surface area contributed by atoms with Gasteiger partial charge in [0.05, 0.1) is 53.2 Å². The van der Waals surface area contributed by atoms with E-state index < -0.39 is 0 Å². The van der Waals surface area contributed by atoms with Crippen LogP contribution in [-0.4, -0.2) is 50.7 Å². The number of nitrogens with one attached hydrogen (secondary N) is 1. The zero-order valence-corrected chi connectivity index (χ0v) is 16.3. The zero-order valence-electron chi connectivity index (χ0n) is 16.3. The van der Waals surface area contributed by atoms with Crippen LogP contribution in [-0.2, 0) is 6.54 Å². The summed E-state index contributed by atoms with van der Waals surface area (Å²) < 4.78 is 17.8. The molecule has 1 aromatic carbocycles. The lowest BCUT2D eigenvalue weighted by molar-refractivity contribution is -0.905. The van der Waals surface area contributed by atoms with E-state index in [1.165, 1.54) is 32.4 Å². The summed E-state index contributed by atoms with van der Waals surface area (Å²) in [5, 5.41) is 4.57. The number of piperidine rings is 1. The first-order valence-corrected chi connectivity index (χ1v) is 9.38. The Morgan fingerprint density at radius 2 is 1.67 bits per heavy atom. The van der Waals surface area contributed by atoms with E-state index in [0.717, 1.165) is 12.1 Å². The van der Waals surface area contributed by atoms with Crippen LogP contribution in [0.2, 0.25) is 0 Å². The molecule has 146 valence electrons. The zero-order chi connectivity index (χ0) is 19.2. The Balaban J connectivity index is 1.87. The van der Waals surface area contributed by atoms with E-state index in [2.05, 4.69) is 5.10 Å². The van der Waals surface area contributed by atoms with E-state index in [1.807, 2.05) is 12.1 Å². The third kappa shape index (κ3) is 4.42. The van der Waals surface area contributed by atoms with Crippen molar-refractivity contribution in [2.24, 2.45) is 0 Å². The molecule has 0 bridgehead atoms. The van der Waals surface area contributed by atoms with Gasteiger partial charge in [-0.05, 0) is 37.5 Å². The Morgan fingerprint density at radius 3 is 2.26 bits per heavy atom. The molecule has 2 heterocycles. The van der Waals surface area contributed by atoms with E-state index in [-0.39, 0.29) is 5.56 Å². The van der Waals surface area contributed by atoms with Crippen LogP contribution < -0.4 is 24.7 Å². The maximum Gasteiger partial charge on any atom is 0.266 e. The molecule has 0 amide bonds. The van der Waals surface area contributed by atoms with E-state index in [1.54, 1.807) is 43.0 Å². The number of benzene rings is 1. The van der Waals surface area contributed by atoms with Crippen molar-refractivity contribution in [2.45, 2.75) is 25.8 Å². The lowest BCUT2D eigenvalue weighted by Gasteiger charge is -2.23. The van der Waals surface area contributed by atoms with E-state index >= 15 is 0 Å². The van der Waals surface area contributed by atoms with E-state index in [0.29, 0.717) is 29.5 Å². The monoisotopic (exact) mass is 374 g/mol. The van der Waals surface area contributed by atoms with Gasteiger partial charge in [-0.1, -0.05) is 0 Å². The molecule has 1 aliphatic heterocycles. The van der Waals surface area contributed by atoms with Crippen LogP contribution in [0.4, 0.5) is 0 Å². The number of hydrogen-bond donors (Lipinski definition) is 1. The number of rotatable bonds is 7. The van der Waals surface area contributed by atoms with Gasteiger partial charge in [-0.15, -0.1) is 0 Å². The molecule has 0 atom stereocenters. The van der Waals surface area contributed by atoms with Crippen molar-refractivity contribution >= 4 is 0 Å². The van der Waals surface area contributed by atoms with Gasteiger partial charge in [-0.25, -0.2) is 4.68 Å². The van der Waals surface area contributed by atoms with Crippen LogP contribution in [0.5, 0.6) is 17.2 Å². The highest BCUT2D eigenvalue weighted by molar-refractivity contribution is 5.68. The Hall–Kier alpha value is -2.54. The molecule has 1 aromatic heterocycles. The molecule has 0 radical (unpaired) electrons. The van der Waals surface area contributed by atoms with Crippen molar-refractivity contribution in [3.63, 3.8) is 0 Å². The second-order valence-electron chi connectivity index (χ2n) is 6.75. The topological polar surface area (TPSA) is 67.0 Å². The third-order valence-electron chi connectivity index (χ3n) is 5.06. The summed E-state index contributed by atoms with van der Waals surface area (Å²) in [6.07, 6.45) is 3.85. The minimum atomic E-state index is -0.0809. The molecule has 7 heteroatoms. The predicted octanol–water partition coefficient (Wildman–Crippen LogP) is 1.00. The van der Waals surface area contributed by atoms with Crippen LogP contribution >= 0.6 is 0 Å². The van der Waals surface area contributed by atoms with Crippen LogP contribution in [0.25, 0.3) is 11.3 Å². The summed E-state index contributed by atoms with van der Waals surface area (Å²) in [7, 11) is 4.73. The van der Waals surface area contributed by atoms with Gasteiger partial charge in [0.25, 0.3) is 5.56 Å². The van der Waals surface area contributed by atoms with Crippen molar-refractivity contribution in [3.05, 3.63) is 34.6 Å². The molecule has 3 rings (SSSR count). The van der Waals surface area contributed by atoms with Crippen molar-refractivity contribution < 1.29 is 19.1 Å². The van der Waals surface area contributed by atoms with Crippen molar-refractivity contribution in [3.8, 4) is 28.5 Å². The molecule has 27 heavy (non-hydrogen) atoms. The van der Waals surface area contributed by atoms with Gasteiger partial charge in [-0.3, -0.25) is 4.79 Å². The Bertz CT molecular complexity index is 803. The molecule has 1 fully saturated rings. The van der Waals surface area contributed by atoms with Crippen LogP contribution in [0.1, 0.15) is 19.3 Å². The molecular weight excluding hydrogens is 346 g/mol. The highest BCUT2D eigenvalue weighted by atomic mass is 16.5. The second kappa shape index (κ2) is 8.90. The minimum Gasteiger partial charge on any atom is -0.493 e. The molecule has 0 unspecified atom stereocenters. The summed E-state index contributed by atoms with van der Waals surface area (Å²) in [5.41, 5.74) is 1.42. The Labute approximate surface area is 159 Å². The number of likely N-dealkylation sites (tertiary alicyclic amines) is 1. The van der Waals surface area contributed by atoms with Crippen LogP contribution in [0.3, 0.4) is 0 Å². The summed E-state index contributed by atoms with van der Waals surface area (Å²) >= 11 is 0. The molecule has 1 aliphatic rings. The summed E-state index contributed by atoms with van der Waals surface area (Å²) in [6.45, 7) is 3.90. The first-order chi connectivity index (χ1) is 13.2. The molecule has 1 N–H and O–H groups in total. The van der Waals surface area contributed by atoms with Gasteiger partial charge in [0, 0.05) is 11.6 Å². The second-order valence-corrected chi connectivity index (χ2v) is 6.75. The third-order valence-corrected chi connectivity index (χ3v) is 5.06. The van der Waals surface area contributed by atoms with Gasteiger partial charge < -0.3 is 19.1 Å². The fourth-order valence-electron chi connectivity index (χ4n) is 3.56. The summed E-state index contributed by atoms with van der Waals surface area (Å²) in [4.78, 5) is 13.8. The SMILES string of the molecule is COc1cc(-c2ccc(=O)n(CC[NH+]3CCCCC3)n2)cc(OC)c1OC. The number of aromatic nitrogens is 2. The van der Waals surface area contributed by atoms with Crippen LogP contribution in [0.15, 0.2) is 29.1 Å². The van der Waals surface area contributed by atoms with Crippen LogP contribution in [0, 0.1) is 0 Å². The van der Waals surface area contributed by atoms with E-state index in [9.17, 15) is 4.79 Å². The number of nitrogens with zero attached hydrogens (tertiary/aromatic N) is 2. The van der Waals surface area contributed by atoms with E-state index in [4.69, 9.17) is 14.2 Å². The first kappa shape index (κ1) is 19.2. The Morgan fingerprint density at radius 1 is 1.00 bits per heavy atom. The fourth-order valence-corrected chi connectivity index (χ4v) is 3.56. The summed E-state index contributed by atoms with van der Waals surface area (Å²) in [6, 6.07) is 6.98. The lowest BCUT2D eigenvalue weighted by Crippen LogP contribution is -3.13. The highest BCUT2D eigenvalue weighted by Crippen LogP contribution is 2.40. The average molecular weight is 374 g/mol. The number of hydrogen-bond acceptors (Lipinski definition) is 5. The predicted molar refractivity (Wildman–Crippen MR) is 103 cm³/mol. The Kier molecular flexibility index (Phi) is 6.34. The van der Waals surface area contributed by atoms with Crippen molar-refractivity contribution in [2.75, 3.05) is 41.0 Å². The maximum absolute atomic E-state index is 12.2.